The maximum Gasteiger partial charge on any atom is 0.238 e. The van der Waals surface area contributed by atoms with Crippen LogP contribution in [0.1, 0.15) is 16.7 Å². The van der Waals surface area contributed by atoms with Gasteiger partial charge in [0.2, 0.25) is 15.9 Å². The standard InChI is InChI=1S/C23H31N3O3S/c1-19-8-7-11-22(20(19)2)24-14-16-25(17-15-24)23(27)18-26(30(3,28)29)13-12-21-9-5-4-6-10-21/h4-11H,12-18H2,1-3H3. The molecule has 1 heterocycles. The molecule has 0 atom stereocenters. The Morgan fingerprint density at radius 2 is 1.63 bits per heavy atom. The lowest BCUT2D eigenvalue weighted by atomic mass is 10.1. The number of benzene rings is 2. The Labute approximate surface area is 180 Å². The molecule has 1 aliphatic rings. The quantitative estimate of drug-likeness (QED) is 0.678. The van der Waals surface area contributed by atoms with Gasteiger partial charge in [0.05, 0.1) is 12.8 Å². The van der Waals surface area contributed by atoms with E-state index in [1.807, 2.05) is 30.3 Å². The average molecular weight is 430 g/mol. The molecular weight excluding hydrogens is 398 g/mol. The van der Waals surface area contributed by atoms with E-state index in [-0.39, 0.29) is 12.5 Å². The van der Waals surface area contributed by atoms with Crippen LogP contribution < -0.4 is 4.90 Å². The van der Waals surface area contributed by atoms with E-state index in [2.05, 4.69) is 36.9 Å². The summed E-state index contributed by atoms with van der Waals surface area (Å²) in [4.78, 5) is 16.9. The van der Waals surface area contributed by atoms with E-state index in [1.165, 1.54) is 27.4 Å². The lowest BCUT2D eigenvalue weighted by Gasteiger charge is -2.37. The second-order valence-electron chi connectivity index (χ2n) is 7.92. The van der Waals surface area contributed by atoms with Gasteiger partial charge in [-0.1, -0.05) is 42.5 Å². The Kier molecular flexibility index (Phi) is 7.15. The number of nitrogens with zero attached hydrogens (tertiary/aromatic N) is 3. The van der Waals surface area contributed by atoms with Crippen molar-refractivity contribution in [3.05, 3.63) is 65.2 Å². The summed E-state index contributed by atoms with van der Waals surface area (Å²) in [5.41, 5.74) is 4.79. The fraction of sp³-hybridized carbons (Fsp3) is 0.435. The predicted octanol–water partition coefficient (Wildman–Crippen LogP) is 2.46. The van der Waals surface area contributed by atoms with Gasteiger partial charge in [0.1, 0.15) is 0 Å². The summed E-state index contributed by atoms with van der Waals surface area (Å²) in [5, 5.41) is 0. The van der Waals surface area contributed by atoms with Crippen LogP contribution in [0.25, 0.3) is 0 Å². The zero-order valence-electron chi connectivity index (χ0n) is 18.0. The monoisotopic (exact) mass is 429 g/mol. The highest BCUT2D eigenvalue weighted by Gasteiger charge is 2.26. The van der Waals surface area contributed by atoms with Crippen molar-refractivity contribution in [3.8, 4) is 0 Å². The maximum atomic E-state index is 12.8. The number of hydrogen-bond acceptors (Lipinski definition) is 4. The molecule has 2 aromatic carbocycles. The number of amides is 1. The van der Waals surface area contributed by atoms with Gasteiger partial charge in [-0.05, 0) is 43.0 Å². The van der Waals surface area contributed by atoms with Gasteiger partial charge < -0.3 is 9.80 Å². The van der Waals surface area contributed by atoms with E-state index in [1.54, 1.807) is 4.90 Å². The summed E-state index contributed by atoms with van der Waals surface area (Å²) < 4.78 is 25.7. The van der Waals surface area contributed by atoms with Crippen LogP contribution in [0.5, 0.6) is 0 Å². The number of hydrogen-bond donors (Lipinski definition) is 0. The third-order valence-electron chi connectivity index (χ3n) is 5.82. The molecular formula is C23H31N3O3S. The number of rotatable bonds is 7. The lowest BCUT2D eigenvalue weighted by molar-refractivity contribution is -0.131. The van der Waals surface area contributed by atoms with Gasteiger partial charge in [0, 0.05) is 38.4 Å². The Morgan fingerprint density at radius 1 is 0.967 bits per heavy atom. The highest BCUT2D eigenvalue weighted by atomic mass is 32.2. The number of anilines is 1. The van der Waals surface area contributed by atoms with Crippen molar-refractivity contribution in [2.24, 2.45) is 0 Å². The van der Waals surface area contributed by atoms with E-state index in [0.29, 0.717) is 26.1 Å². The van der Waals surface area contributed by atoms with Crippen molar-refractivity contribution in [3.63, 3.8) is 0 Å². The minimum absolute atomic E-state index is 0.102. The smallest absolute Gasteiger partial charge is 0.238 e. The van der Waals surface area contributed by atoms with Gasteiger partial charge >= 0.3 is 0 Å². The van der Waals surface area contributed by atoms with Crippen molar-refractivity contribution < 1.29 is 13.2 Å². The second kappa shape index (κ2) is 9.62. The first-order chi connectivity index (χ1) is 14.3. The predicted molar refractivity (Wildman–Crippen MR) is 121 cm³/mol. The first-order valence-electron chi connectivity index (χ1n) is 10.3. The molecule has 6 nitrogen and oxygen atoms in total. The van der Waals surface area contributed by atoms with Crippen molar-refractivity contribution in [2.75, 3.05) is 50.4 Å². The molecule has 1 aliphatic heterocycles. The van der Waals surface area contributed by atoms with Crippen LogP contribution in [0.2, 0.25) is 0 Å². The number of carbonyl (C=O) groups is 1. The van der Waals surface area contributed by atoms with Gasteiger partial charge in [-0.2, -0.15) is 4.31 Å². The highest BCUT2D eigenvalue weighted by Crippen LogP contribution is 2.24. The van der Waals surface area contributed by atoms with Crippen molar-refractivity contribution >= 4 is 21.6 Å². The molecule has 0 aliphatic carbocycles. The summed E-state index contributed by atoms with van der Waals surface area (Å²) in [6.45, 7) is 7.13. The summed E-state index contributed by atoms with van der Waals surface area (Å²) in [7, 11) is -3.46. The fourth-order valence-electron chi connectivity index (χ4n) is 3.79. The second-order valence-corrected chi connectivity index (χ2v) is 9.90. The van der Waals surface area contributed by atoms with Crippen LogP contribution in [0, 0.1) is 13.8 Å². The summed E-state index contributed by atoms with van der Waals surface area (Å²) in [6.07, 6.45) is 1.76. The minimum atomic E-state index is -3.46. The number of sulfonamides is 1. The Morgan fingerprint density at radius 3 is 2.27 bits per heavy atom. The van der Waals surface area contributed by atoms with E-state index in [0.717, 1.165) is 18.7 Å². The minimum Gasteiger partial charge on any atom is -0.368 e. The van der Waals surface area contributed by atoms with Gasteiger partial charge in [0.25, 0.3) is 0 Å². The molecule has 162 valence electrons. The molecule has 3 rings (SSSR count). The lowest BCUT2D eigenvalue weighted by Crippen LogP contribution is -2.52. The van der Waals surface area contributed by atoms with Crippen molar-refractivity contribution in [1.82, 2.24) is 9.21 Å². The molecule has 0 N–H and O–H groups in total. The van der Waals surface area contributed by atoms with Gasteiger partial charge in [-0.25, -0.2) is 8.42 Å². The zero-order chi connectivity index (χ0) is 21.7. The van der Waals surface area contributed by atoms with E-state index >= 15 is 0 Å². The SMILES string of the molecule is Cc1cccc(N2CCN(C(=O)CN(CCc3ccccc3)S(C)(=O)=O)CC2)c1C. The molecule has 30 heavy (non-hydrogen) atoms. The zero-order valence-corrected chi connectivity index (χ0v) is 18.9. The normalized spacial score (nSPS) is 14.9. The molecule has 0 aromatic heterocycles. The largest absolute Gasteiger partial charge is 0.368 e. The molecule has 0 unspecified atom stereocenters. The van der Waals surface area contributed by atoms with E-state index in [9.17, 15) is 13.2 Å². The topological polar surface area (TPSA) is 60.9 Å². The average Bonchev–Trinajstić information content (AvgIpc) is 2.73. The number of carbonyl (C=O) groups excluding carboxylic acids is 1. The summed E-state index contributed by atoms with van der Waals surface area (Å²) in [6, 6.07) is 16.0. The highest BCUT2D eigenvalue weighted by molar-refractivity contribution is 7.88. The molecule has 0 radical (unpaired) electrons. The molecule has 0 bridgehead atoms. The van der Waals surface area contributed by atoms with Crippen LogP contribution in [-0.4, -0.2) is 69.1 Å². The molecule has 1 fully saturated rings. The van der Waals surface area contributed by atoms with Gasteiger partial charge in [0.15, 0.2) is 0 Å². The van der Waals surface area contributed by atoms with Crippen molar-refractivity contribution in [2.45, 2.75) is 20.3 Å². The molecule has 7 heteroatoms. The molecule has 0 saturated carbocycles. The molecule has 1 amide bonds. The van der Waals surface area contributed by atoms with E-state index < -0.39 is 10.0 Å². The van der Waals surface area contributed by atoms with E-state index in [4.69, 9.17) is 0 Å². The Balaban J connectivity index is 1.58. The molecule has 0 spiro atoms. The van der Waals surface area contributed by atoms with Crippen LogP contribution in [0.3, 0.4) is 0 Å². The van der Waals surface area contributed by atoms with Gasteiger partial charge in [-0.3, -0.25) is 4.79 Å². The Hall–Kier alpha value is -2.38. The van der Waals surface area contributed by atoms with Crippen molar-refractivity contribution in [1.29, 1.82) is 0 Å². The Bertz CT molecular complexity index is 968. The van der Waals surface area contributed by atoms with Crippen LogP contribution in [0.15, 0.2) is 48.5 Å². The third kappa shape index (κ3) is 5.61. The van der Waals surface area contributed by atoms with Crippen LogP contribution >= 0.6 is 0 Å². The molecule has 2 aromatic rings. The van der Waals surface area contributed by atoms with Gasteiger partial charge in [-0.15, -0.1) is 0 Å². The first kappa shape index (κ1) is 22.3. The summed E-state index contributed by atoms with van der Waals surface area (Å²) >= 11 is 0. The molecule has 1 saturated heterocycles. The fourth-order valence-corrected chi connectivity index (χ4v) is 4.55. The summed E-state index contributed by atoms with van der Waals surface area (Å²) in [5.74, 6) is -0.130. The van der Waals surface area contributed by atoms with Crippen LogP contribution in [-0.2, 0) is 21.2 Å². The maximum absolute atomic E-state index is 12.8. The van der Waals surface area contributed by atoms with Crippen LogP contribution in [0.4, 0.5) is 5.69 Å². The number of aryl methyl sites for hydroxylation is 1. The number of piperazine rings is 1. The third-order valence-corrected chi connectivity index (χ3v) is 7.07. The first-order valence-corrected chi connectivity index (χ1v) is 12.2.